The lowest BCUT2D eigenvalue weighted by Crippen LogP contribution is -2.22. The van der Waals surface area contributed by atoms with Crippen LogP contribution < -0.4 is 10.6 Å². The third kappa shape index (κ3) is 5.25. The number of unbranched alkanes of at least 4 members (excludes halogenated alkanes) is 1. The van der Waals surface area contributed by atoms with Gasteiger partial charge >= 0.3 is 0 Å². The molecule has 1 amide bonds. The minimum absolute atomic E-state index is 0.0889. The quantitative estimate of drug-likeness (QED) is 0.751. The summed E-state index contributed by atoms with van der Waals surface area (Å²) in [5.41, 5.74) is 0.486. The van der Waals surface area contributed by atoms with Crippen LogP contribution in [0.5, 0.6) is 0 Å². The molecule has 0 aliphatic rings. The van der Waals surface area contributed by atoms with E-state index >= 15 is 0 Å². The molecule has 18 heavy (non-hydrogen) atoms. The van der Waals surface area contributed by atoms with Crippen molar-refractivity contribution in [3.63, 3.8) is 0 Å². The van der Waals surface area contributed by atoms with Crippen LogP contribution in [0.3, 0.4) is 0 Å². The van der Waals surface area contributed by atoms with Gasteiger partial charge < -0.3 is 10.6 Å². The van der Waals surface area contributed by atoms with Crippen molar-refractivity contribution in [2.24, 2.45) is 0 Å². The van der Waals surface area contributed by atoms with E-state index in [9.17, 15) is 4.79 Å². The van der Waals surface area contributed by atoms with Crippen molar-refractivity contribution in [2.45, 2.75) is 26.2 Å². The monoisotopic (exact) mass is 288 g/mol. The third-order valence-corrected chi connectivity index (χ3v) is 3.09. The maximum absolute atomic E-state index is 11.7. The lowest BCUT2D eigenvalue weighted by molar-refractivity contribution is -0.116. The summed E-state index contributed by atoms with van der Waals surface area (Å²) in [6.45, 7) is 3.73. The van der Waals surface area contributed by atoms with Crippen LogP contribution in [-0.2, 0) is 4.79 Å². The molecule has 0 fully saturated rings. The number of amides is 1. The second kappa shape index (κ2) is 8.35. The Labute approximate surface area is 118 Å². The molecule has 0 aliphatic carbocycles. The highest BCUT2D eigenvalue weighted by atomic mass is 35.5. The number of carbonyl (C=O) groups is 1. The van der Waals surface area contributed by atoms with E-state index in [1.54, 1.807) is 18.2 Å². The van der Waals surface area contributed by atoms with Crippen molar-refractivity contribution in [3.8, 4) is 0 Å². The zero-order chi connectivity index (χ0) is 13.4. The second-order valence-electron chi connectivity index (χ2n) is 4.00. The molecular formula is C13H18Cl2N2O. The lowest BCUT2D eigenvalue weighted by Gasteiger charge is -2.09. The van der Waals surface area contributed by atoms with Gasteiger partial charge in [0.05, 0.1) is 15.7 Å². The van der Waals surface area contributed by atoms with E-state index in [1.807, 2.05) is 0 Å². The fraction of sp³-hybridized carbons (Fsp3) is 0.462. The molecule has 1 aromatic carbocycles. The van der Waals surface area contributed by atoms with Crippen molar-refractivity contribution in [1.82, 2.24) is 5.32 Å². The standard InChI is InChI=1S/C13H18Cl2N2O/c1-2-3-8-16-9-7-12(18)17-13-10(14)5-4-6-11(13)15/h4-6,16H,2-3,7-9H2,1H3,(H,17,18). The topological polar surface area (TPSA) is 41.1 Å². The molecule has 1 aromatic rings. The summed E-state index contributed by atoms with van der Waals surface area (Å²) in [6.07, 6.45) is 2.68. The Morgan fingerprint density at radius 3 is 2.50 bits per heavy atom. The van der Waals surface area contributed by atoms with Gasteiger partial charge in [0.1, 0.15) is 0 Å². The molecule has 0 spiro atoms. The van der Waals surface area contributed by atoms with Gasteiger partial charge in [-0.15, -0.1) is 0 Å². The van der Waals surface area contributed by atoms with E-state index in [0.717, 1.165) is 19.4 Å². The number of anilines is 1. The largest absolute Gasteiger partial charge is 0.324 e. The van der Waals surface area contributed by atoms with Crippen molar-refractivity contribution >= 4 is 34.8 Å². The van der Waals surface area contributed by atoms with Gasteiger partial charge in [-0.1, -0.05) is 42.6 Å². The van der Waals surface area contributed by atoms with Crippen LogP contribution in [0, 0.1) is 0 Å². The first-order chi connectivity index (χ1) is 8.65. The summed E-state index contributed by atoms with van der Waals surface area (Å²) in [6, 6.07) is 5.14. The molecule has 0 saturated carbocycles. The number of rotatable bonds is 7. The molecule has 0 aromatic heterocycles. The molecule has 1 rings (SSSR count). The Morgan fingerprint density at radius 1 is 1.22 bits per heavy atom. The summed E-state index contributed by atoms with van der Waals surface area (Å²) in [7, 11) is 0. The SMILES string of the molecule is CCCCNCCC(=O)Nc1c(Cl)cccc1Cl. The maximum atomic E-state index is 11.7. The van der Waals surface area contributed by atoms with Gasteiger partial charge in [-0.3, -0.25) is 4.79 Å². The molecule has 0 atom stereocenters. The van der Waals surface area contributed by atoms with E-state index in [2.05, 4.69) is 17.6 Å². The molecule has 0 radical (unpaired) electrons. The zero-order valence-electron chi connectivity index (χ0n) is 10.4. The Bertz CT molecular complexity index is 376. The fourth-order valence-corrected chi connectivity index (χ4v) is 1.94. The molecule has 0 bridgehead atoms. The summed E-state index contributed by atoms with van der Waals surface area (Å²) >= 11 is 11.9. The molecule has 100 valence electrons. The summed E-state index contributed by atoms with van der Waals surface area (Å²) in [4.78, 5) is 11.7. The van der Waals surface area contributed by atoms with Gasteiger partial charge in [0.2, 0.25) is 5.91 Å². The van der Waals surface area contributed by atoms with Crippen LogP contribution in [0.15, 0.2) is 18.2 Å². The van der Waals surface area contributed by atoms with Crippen molar-refractivity contribution in [3.05, 3.63) is 28.2 Å². The van der Waals surface area contributed by atoms with Crippen molar-refractivity contribution < 1.29 is 4.79 Å². The minimum Gasteiger partial charge on any atom is -0.324 e. The van der Waals surface area contributed by atoms with Gasteiger partial charge in [0.15, 0.2) is 0 Å². The van der Waals surface area contributed by atoms with E-state index < -0.39 is 0 Å². The summed E-state index contributed by atoms with van der Waals surface area (Å²) in [5.74, 6) is -0.0889. The first-order valence-corrected chi connectivity index (χ1v) is 6.85. The number of nitrogens with one attached hydrogen (secondary N) is 2. The molecule has 0 heterocycles. The Balaban J connectivity index is 2.36. The van der Waals surface area contributed by atoms with E-state index in [1.165, 1.54) is 0 Å². The summed E-state index contributed by atoms with van der Waals surface area (Å²) < 4.78 is 0. The number of halogens is 2. The second-order valence-corrected chi connectivity index (χ2v) is 4.81. The van der Waals surface area contributed by atoms with Crippen LogP contribution in [0.1, 0.15) is 26.2 Å². The highest BCUT2D eigenvalue weighted by Gasteiger charge is 2.08. The lowest BCUT2D eigenvalue weighted by atomic mass is 10.3. The Kier molecular flexibility index (Phi) is 7.09. The number of carbonyl (C=O) groups excluding carboxylic acids is 1. The Morgan fingerprint density at radius 2 is 1.89 bits per heavy atom. The molecule has 2 N–H and O–H groups in total. The van der Waals surface area contributed by atoms with E-state index in [-0.39, 0.29) is 5.91 Å². The molecule has 3 nitrogen and oxygen atoms in total. The zero-order valence-corrected chi connectivity index (χ0v) is 11.9. The number of hydrogen-bond acceptors (Lipinski definition) is 2. The highest BCUT2D eigenvalue weighted by Crippen LogP contribution is 2.29. The van der Waals surface area contributed by atoms with Crippen LogP contribution >= 0.6 is 23.2 Å². The average Bonchev–Trinajstić information content (AvgIpc) is 2.34. The molecule has 5 heteroatoms. The van der Waals surface area contributed by atoms with Crippen LogP contribution in [-0.4, -0.2) is 19.0 Å². The highest BCUT2D eigenvalue weighted by molar-refractivity contribution is 6.39. The summed E-state index contributed by atoms with van der Waals surface area (Å²) in [5, 5.41) is 6.84. The Hall–Kier alpha value is -0.770. The van der Waals surface area contributed by atoms with Gasteiger partial charge in [-0.25, -0.2) is 0 Å². The predicted molar refractivity (Wildman–Crippen MR) is 77.5 cm³/mol. The molecular weight excluding hydrogens is 271 g/mol. The van der Waals surface area contributed by atoms with Crippen LogP contribution in [0.4, 0.5) is 5.69 Å². The van der Waals surface area contributed by atoms with Gasteiger partial charge in [-0.05, 0) is 25.1 Å². The van der Waals surface area contributed by atoms with E-state index in [4.69, 9.17) is 23.2 Å². The molecule has 0 saturated heterocycles. The number of benzene rings is 1. The minimum atomic E-state index is -0.0889. The molecule has 0 aliphatic heterocycles. The predicted octanol–water partition coefficient (Wildman–Crippen LogP) is 3.71. The first kappa shape index (κ1) is 15.3. The van der Waals surface area contributed by atoms with Crippen LogP contribution in [0.25, 0.3) is 0 Å². The van der Waals surface area contributed by atoms with Gasteiger partial charge in [0, 0.05) is 13.0 Å². The maximum Gasteiger partial charge on any atom is 0.225 e. The average molecular weight is 289 g/mol. The van der Waals surface area contributed by atoms with Crippen molar-refractivity contribution in [1.29, 1.82) is 0 Å². The van der Waals surface area contributed by atoms with Crippen LogP contribution in [0.2, 0.25) is 10.0 Å². The van der Waals surface area contributed by atoms with E-state index in [0.29, 0.717) is 28.7 Å². The third-order valence-electron chi connectivity index (χ3n) is 2.46. The fourth-order valence-electron chi connectivity index (χ4n) is 1.45. The smallest absolute Gasteiger partial charge is 0.225 e. The molecule has 0 unspecified atom stereocenters. The normalized spacial score (nSPS) is 10.4. The van der Waals surface area contributed by atoms with Gasteiger partial charge in [0.25, 0.3) is 0 Å². The van der Waals surface area contributed by atoms with Crippen molar-refractivity contribution in [2.75, 3.05) is 18.4 Å². The van der Waals surface area contributed by atoms with Gasteiger partial charge in [-0.2, -0.15) is 0 Å². The number of para-hydroxylation sites is 1. The number of hydrogen-bond donors (Lipinski definition) is 2. The first-order valence-electron chi connectivity index (χ1n) is 6.09.